The summed E-state index contributed by atoms with van der Waals surface area (Å²) in [6.07, 6.45) is 5.40. The molecule has 2 amide bonds. The van der Waals surface area contributed by atoms with Gasteiger partial charge in [-0.15, -0.1) is 0 Å². The number of benzene rings is 1. The fraction of sp³-hybridized carbons (Fsp3) is 0.556. The lowest BCUT2D eigenvalue weighted by Gasteiger charge is -2.28. The van der Waals surface area contributed by atoms with Gasteiger partial charge in [0, 0.05) is 50.5 Å². The minimum Gasteiger partial charge on any atom is -0.378 e. The van der Waals surface area contributed by atoms with E-state index >= 15 is 0 Å². The summed E-state index contributed by atoms with van der Waals surface area (Å²) in [4.78, 5) is 35.2. The van der Waals surface area contributed by atoms with E-state index in [-0.39, 0.29) is 17.7 Å². The lowest BCUT2D eigenvalue weighted by Crippen LogP contribution is -2.36. The van der Waals surface area contributed by atoms with E-state index in [9.17, 15) is 4.79 Å². The molecule has 9 nitrogen and oxygen atoms in total. The highest BCUT2D eigenvalue weighted by atomic mass is 16.5. The molecule has 10 heteroatoms. The molecule has 1 unspecified atom stereocenters. The zero-order chi connectivity index (χ0) is 27.0. The second-order valence-corrected chi connectivity index (χ2v) is 8.90. The molecule has 1 saturated heterocycles. The van der Waals surface area contributed by atoms with E-state index in [0.29, 0.717) is 17.7 Å². The second kappa shape index (κ2) is 16.6. The SMILES string of the molecule is CNC=O.[B]c1nc(C(C)NC(=O)c2ccc(N3CCOCC3)cc2)cc(N(CC)CCCCCC)n1. The molecule has 37 heavy (non-hydrogen) atoms. The number of nitrogens with zero attached hydrogens (tertiary/aromatic N) is 4. The van der Waals surface area contributed by atoms with E-state index in [1.165, 1.54) is 19.3 Å². The van der Waals surface area contributed by atoms with Crippen LogP contribution in [0.1, 0.15) is 68.5 Å². The number of carbonyl (C=O) groups is 2. The average molecular weight is 508 g/mol. The topological polar surface area (TPSA) is 99.7 Å². The highest BCUT2D eigenvalue weighted by Crippen LogP contribution is 2.19. The van der Waals surface area contributed by atoms with E-state index in [1.807, 2.05) is 37.3 Å². The van der Waals surface area contributed by atoms with Gasteiger partial charge < -0.3 is 25.2 Å². The Morgan fingerprint density at radius 1 is 1.16 bits per heavy atom. The summed E-state index contributed by atoms with van der Waals surface area (Å²) in [6, 6.07) is 9.35. The highest BCUT2D eigenvalue weighted by Gasteiger charge is 2.17. The summed E-state index contributed by atoms with van der Waals surface area (Å²) in [6.45, 7) is 11.2. The average Bonchev–Trinajstić information content (AvgIpc) is 2.93. The standard InChI is InChI=1S/C25H36BN5O2.C2H5NO/c1-4-6-7-8-13-30(5-2)23-18-22(28-25(26)29-23)19(3)27-24(32)20-9-11-21(12-10-20)31-14-16-33-17-15-31;1-3-2-4/h9-12,18-19H,4-8,13-17H2,1-3H3,(H,27,32);2H,1H3,(H,3,4). The number of aromatic nitrogens is 2. The van der Waals surface area contributed by atoms with Gasteiger partial charge in [0.2, 0.25) is 6.41 Å². The first-order valence-electron chi connectivity index (χ1n) is 13.2. The Kier molecular flexibility index (Phi) is 13.5. The van der Waals surface area contributed by atoms with Gasteiger partial charge in [0.25, 0.3) is 5.91 Å². The number of carbonyl (C=O) groups excluding carboxylic acids is 2. The van der Waals surface area contributed by atoms with Crippen molar-refractivity contribution in [1.82, 2.24) is 20.6 Å². The van der Waals surface area contributed by atoms with Crippen LogP contribution in [-0.2, 0) is 9.53 Å². The van der Waals surface area contributed by atoms with Crippen LogP contribution in [0.5, 0.6) is 0 Å². The third-order valence-corrected chi connectivity index (χ3v) is 6.15. The molecule has 3 rings (SSSR count). The number of hydrogen-bond donors (Lipinski definition) is 2. The Morgan fingerprint density at radius 3 is 2.43 bits per heavy atom. The van der Waals surface area contributed by atoms with Gasteiger partial charge in [0.05, 0.1) is 30.7 Å². The maximum Gasteiger partial charge on any atom is 0.251 e. The Labute approximate surface area is 222 Å². The normalized spacial score (nSPS) is 13.7. The van der Waals surface area contributed by atoms with Crippen LogP contribution in [0.2, 0.25) is 0 Å². The molecule has 1 aliphatic heterocycles. The third kappa shape index (κ3) is 10.0. The van der Waals surface area contributed by atoms with Gasteiger partial charge in [-0.2, -0.15) is 0 Å². The first kappa shape index (κ1) is 30.1. The first-order valence-corrected chi connectivity index (χ1v) is 13.2. The third-order valence-electron chi connectivity index (χ3n) is 6.15. The van der Waals surface area contributed by atoms with Crippen LogP contribution in [0.3, 0.4) is 0 Å². The lowest BCUT2D eigenvalue weighted by atomic mass is 10.1. The number of amides is 2. The van der Waals surface area contributed by atoms with Crippen LogP contribution < -0.4 is 26.2 Å². The summed E-state index contributed by atoms with van der Waals surface area (Å²) >= 11 is 0. The first-order chi connectivity index (χ1) is 17.9. The fourth-order valence-electron chi connectivity index (χ4n) is 4.02. The summed E-state index contributed by atoms with van der Waals surface area (Å²) in [5.41, 5.74) is 2.66. The van der Waals surface area contributed by atoms with Crippen molar-refractivity contribution >= 4 is 37.4 Å². The number of unbranched alkanes of at least 4 members (excludes halogenated alkanes) is 3. The van der Waals surface area contributed by atoms with Crippen molar-refractivity contribution in [1.29, 1.82) is 0 Å². The van der Waals surface area contributed by atoms with E-state index in [0.717, 1.165) is 57.3 Å². The molecule has 2 radical (unpaired) electrons. The van der Waals surface area contributed by atoms with Gasteiger partial charge in [0.1, 0.15) is 5.82 Å². The van der Waals surface area contributed by atoms with Gasteiger partial charge in [0.15, 0.2) is 7.85 Å². The smallest absolute Gasteiger partial charge is 0.251 e. The zero-order valence-corrected chi connectivity index (χ0v) is 22.7. The van der Waals surface area contributed by atoms with Crippen molar-refractivity contribution in [3.8, 4) is 0 Å². The zero-order valence-electron chi connectivity index (χ0n) is 22.7. The fourth-order valence-corrected chi connectivity index (χ4v) is 4.02. The van der Waals surface area contributed by atoms with Gasteiger partial charge in [-0.25, -0.2) is 9.97 Å². The van der Waals surface area contributed by atoms with Crippen molar-refractivity contribution in [3.63, 3.8) is 0 Å². The van der Waals surface area contributed by atoms with Gasteiger partial charge in [-0.3, -0.25) is 9.59 Å². The van der Waals surface area contributed by atoms with Crippen molar-refractivity contribution in [2.75, 3.05) is 56.2 Å². The van der Waals surface area contributed by atoms with Gasteiger partial charge >= 0.3 is 0 Å². The summed E-state index contributed by atoms with van der Waals surface area (Å²) < 4.78 is 5.41. The van der Waals surface area contributed by atoms with Crippen LogP contribution >= 0.6 is 0 Å². The number of nitrogens with one attached hydrogen (secondary N) is 2. The largest absolute Gasteiger partial charge is 0.378 e. The molecule has 1 atom stereocenters. The van der Waals surface area contributed by atoms with Crippen LogP contribution in [0, 0.1) is 0 Å². The number of hydrogen-bond acceptors (Lipinski definition) is 7. The van der Waals surface area contributed by atoms with Crippen LogP contribution in [0.4, 0.5) is 11.5 Å². The van der Waals surface area contributed by atoms with E-state index < -0.39 is 0 Å². The molecule has 2 aromatic rings. The highest BCUT2D eigenvalue weighted by molar-refractivity contribution is 6.29. The Hall–Kier alpha value is -3.14. The Morgan fingerprint density at radius 2 is 1.84 bits per heavy atom. The summed E-state index contributed by atoms with van der Waals surface area (Å²) in [5, 5.41) is 5.30. The molecule has 1 aliphatic rings. The maximum absolute atomic E-state index is 12.8. The molecule has 1 fully saturated rings. The van der Waals surface area contributed by atoms with E-state index in [1.54, 1.807) is 7.05 Å². The van der Waals surface area contributed by atoms with E-state index in [4.69, 9.17) is 17.4 Å². The maximum atomic E-state index is 12.8. The number of ether oxygens (including phenoxy) is 1. The molecule has 2 heterocycles. The summed E-state index contributed by atoms with van der Waals surface area (Å²) in [7, 11) is 7.58. The molecular formula is C27H41BN6O3. The van der Waals surface area contributed by atoms with Crippen molar-refractivity contribution in [3.05, 3.63) is 41.6 Å². The molecule has 0 bridgehead atoms. The number of anilines is 2. The van der Waals surface area contributed by atoms with Crippen molar-refractivity contribution in [2.24, 2.45) is 0 Å². The number of morpholine rings is 1. The Bertz CT molecular complexity index is 954. The summed E-state index contributed by atoms with van der Waals surface area (Å²) in [5.74, 6) is 0.675. The quantitative estimate of drug-likeness (QED) is 0.258. The van der Waals surface area contributed by atoms with Crippen molar-refractivity contribution < 1.29 is 14.3 Å². The Balaban J connectivity index is 0.00000112. The predicted molar refractivity (Wildman–Crippen MR) is 150 cm³/mol. The van der Waals surface area contributed by atoms with Crippen molar-refractivity contribution in [2.45, 2.75) is 52.5 Å². The van der Waals surface area contributed by atoms with Crippen LogP contribution in [0.15, 0.2) is 30.3 Å². The van der Waals surface area contributed by atoms with Gasteiger partial charge in [-0.1, -0.05) is 26.2 Å². The molecule has 0 aliphatic carbocycles. The molecular weight excluding hydrogens is 467 g/mol. The predicted octanol–water partition coefficient (Wildman–Crippen LogP) is 2.37. The molecule has 1 aromatic heterocycles. The van der Waals surface area contributed by atoms with E-state index in [2.05, 4.69) is 44.2 Å². The molecule has 200 valence electrons. The monoisotopic (exact) mass is 508 g/mol. The molecule has 2 N–H and O–H groups in total. The minimum atomic E-state index is -0.292. The van der Waals surface area contributed by atoms with Crippen LogP contribution in [0.25, 0.3) is 0 Å². The van der Waals surface area contributed by atoms with Gasteiger partial charge in [-0.05, 0) is 44.5 Å². The number of rotatable bonds is 12. The van der Waals surface area contributed by atoms with Crippen LogP contribution in [-0.4, -0.2) is 76.6 Å². The molecule has 1 aromatic carbocycles. The second-order valence-electron chi connectivity index (χ2n) is 8.90. The minimum absolute atomic E-state index is 0.137. The molecule has 0 saturated carbocycles. The molecule has 0 spiro atoms. The lowest BCUT2D eigenvalue weighted by molar-refractivity contribution is -0.109.